The van der Waals surface area contributed by atoms with Gasteiger partial charge in [-0.3, -0.25) is 4.90 Å². The standard InChI is InChI=1S/C13H16BrClN2O/c1-8-12(14)11(15)4-9-6-17-3-2-16-5-10(17)7-18-13(8)9/h4,10,16H,2-3,5-7H2,1H3. The summed E-state index contributed by atoms with van der Waals surface area (Å²) in [6.07, 6.45) is 0. The average molecular weight is 332 g/mol. The van der Waals surface area contributed by atoms with Crippen LogP contribution in [0.1, 0.15) is 11.1 Å². The Morgan fingerprint density at radius 1 is 1.56 bits per heavy atom. The Morgan fingerprint density at radius 3 is 3.22 bits per heavy atom. The summed E-state index contributed by atoms with van der Waals surface area (Å²) < 4.78 is 6.96. The predicted octanol–water partition coefficient (Wildman–Crippen LogP) is 2.58. The number of rotatable bonds is 0. The van der Waals surface area contributed by atoms with E-state index in [9.17, 15) is 0 Å². The highest BCUT2D eigenvalue weighted by atomic mass is 79.9. The number of hydrogen-bond donors (Lipinski definition) is 1. The molecule has 3 nitrogen and oxygen atoms in total. The van der Waals surface area contributed by atoms with Crippen LogP contribution in [0.3, 0.4) is 0 Å². The number of fused-ring (bicyclic) bond motifs is 2. The fourth-order valence-corrected chi connectivity index (χ4v) is 3.26. The van der Waals surface area contributed by atoms with Gasteiger partial charge in [0.15, 0.2) is 0 Å². The Balaban J connectivity index is 1.99. The van der Waals surface area contributed by atoms with Crippen LogP contribution in [0.25, 0.3) is 0 Å². The zero-order valence-electron chi connectivity index (χ0n) is 10.3. The first-order chi connectivity index (χ1) is 8.66. The molecule has 1 unspecified atom stereocenters. The van der Waals surface area contributed by atoms with Gasteiger partial charge in [0.1, 0.15) is 12.4 Å². The number of halogens is 2. The summed E-state index contributed by atoms with van der Waals surface area (Å²) in [7, 11) is 0. The summed E-state index contributed by atoms with van der Waals surface area (Å²) in [6.45, 7) is 6.85. The Morgan fingerprint density at radius 2 is 2.39 bits per heavy atom. The maximum atomic E-state index is 6.25. The maximum Gasteiger partial charge on any atom is 0.128 e. The molecule has 1 N–H and O–H groups in total. The fourth-order valence-electron chi connectivity index (χ4n) is 2.69. The number of nitrogens with zero attached hydrogens (tertiary/aromatic N) is 1. The van der Waals surface area contributed by atoms with Crippen molar-refractivity contribution >= 4 is 27.5 Å². The van der Waals surface area contributed by atoms with Crippen molar-refractivity contribution in [1.29, 1.82) is 0 Å². The monoisotopic (exact) mass is 330 g/mol. The third-order valence-corrected chi connectivity index (χ3v) is 5.29. The van der Waals surface area contributed by atoms with Gasteiger partial charge in [-0.25, -0.2) is 0 Å². The van der Waals surface area contributed by atoms with Crippen molar-refractivity contribution in [3.63, 3.8) is 0 Å². The van der Waals surface area contributed by atoms with Crippen LogP contribution in [-0.4, -0.2) is 37.2 Å². The summed E-state index contributed by atoms with van der Waals surface area (Å²) in [6, 6.07) is 2.49. The van der Waals surface area contributed by atoms with Crippen LogP contribution in [0.5, 0.6) is 5.75 Å². The molecule has 0 aromatic heterocycles. The third-order valence-electron chi connectivity index (χ3n) is 3.74. The second kappa shape index (κ2) is 5.00. The number of hydrogen-bond acceptors (Lipinski definition) is 3. The molecule has 3 rings (SSSR count). The van der Waals surface area contributed by atoms with Gasteiger partial charge in [0, 0.05) is 41.8 Å². The molecule has 5 heteroatoms. The first-order valence-corrected chi connectivity index (χ1v) is 7.39. The molecule has 1 aromatic rings. The minimum Gasteiger partial charge on any atom is -0.491 e. The quantitative estimate of drug-likeness (QED) is 0.791. The topological polar surface area (TPSA) is 24.5 Å². The van der Waals surface area contributed by atoms with Crippen LogP contribution >= 0.6 is 27.5 Å². The van der Waals surface area contributed by atoms with E-state index in [0.29, 0.717) is 6.04 Å². The Labute approximate surface area is 121 Å². The summed E-state index contributed by atoms with van der Waals surface area (Å²) in [5.41, 5.74) is 2.30. The molecule has 1 fully saturated rings. The smallest absolute Gasteiger partial charge is 0.128 e. The van der Waals surface area contributed by atoms with E-state index in [4.69, 9.17) is 16.3 Å². The molecule has 98 valence electrons. The summed E-state index contributed by atoms with van der Waals surface area (Å²) in [5, 5.41) is 4.19. The molecular weight excluding hydrogens is 316 g/mol. The Bertz CT molecular complexity index is 481. The van der Waals surface area contributed by atoms with E-state index in [2.05, 4.69) is 33.1 Å². The number of ether oxygens (including phenoxy) is 1. The van der Waals surface area contributed by atoms with Crippen molar-refractivity contribution in [2.24, 2.45) is 0 Å². The lowest BCUT2D eigenvalue weighted by molar-refractivity contribution is 0.120. The van der Waals surface area contributed by atoms with Crippen molar-refractivity contribution in [3.8, 4) is 5.75 Å². The predicted molar refractivity (Wildman–Crippen MR) is 76.5 cm³/mol. The van der Waals surface area contributed by atoms with E-state index in [-0.39, 0.29) is 0 Å². The van der Waals surface area contributed by atoms with Crippen molar-refractivity contribution in [2.45, 2.75) is 19.5 Å². The van der Waals surface area contributed by atoms with Gasteiger partial charge in [-0.05, 0) is 28.9 Å². The van der Waals surface area contributed by atoms with E-state index < -0.39 is 0 Å². The van der Waals surface area contributed by atoms with Crippen LogP contribution < -0.4 is 10.1 Å². The van der Waals surface area contributed by atoms with Gasteiger partial charge < -0.3 is 10.1 Å². The van der Waals surface area contributed by atoms with Gasteiger partial charge in [0.25, 0.3) is 0 Å². The van der Waals surface area contributed by atoms with E-state index in [1.54, 1.807) is 0 Å². The molecule has 2 aliphatic rings. The van der Waals surface area contributed by atoms with Crippen LogP contribution in [0, 0.1) is 6.92 Å². The highest BCUT2D eigenvalue weighted by molar-refractivity contribution is 9.10. The van der Waals surface area contributed by atoms with Gasteiger partial charge in [-0.2, -0.15) is 0 Å². The Kier molecular flexibility index (Phi) is 3.54. The second-order valence-electron chi connectivity index (χ2n) is 4.93. The van der Waals surface area contributed by atoms with Crippen LogP contribution in [0.4, 0.5) is 0 Å². The van der Waals surface area contributed by atoms with Gasteiger partial charge >= 0.3 is 0 Å². The minimum atomic E-state index is 0.461. The number of nitrogens with one attached hydrogen (secondary N) is 1. The zero-order valence-corrected chi connectivity index (χ0v) is 12.6. The van der Waals surface area contributed by atoms with Gasteiger partial charge in [0.2, 0.25) is 0 Å². The van der Waals surface area contributed by atoms with Crippen LogP contribution in [0.15, 0.2) is 10.5 Å². The van der Waals surface area contributed by atoms with E-state index in [1.165, 1.54) is 5.56 Å². The molecule has 0 amide bonds. The van der Waals surface area contributed by atoms with Crippen molar-refractivity contribution in [3.05, 3.63) is 26.7 Å². The maximum absolute atomic E-state index is 6.25. The van der Waals surface area contributed by atoms with Crippen LogP contribution in [-0.2, 0) is 6.54 Å². The molecular formula is C13H16BrClN2O. The molecule has 18 heavy (non-hydrogen) atoms. The molecule has 1 aromatic carbocycles. The molecule has 0 bridgehead atoms. The molecule has 0 spiro atoms. The molecule has 1 saturated heterocycles. The molecule has 0 aliphatic carbocycles. The Hall–Kier alpha value is -0.290. The second-order valence-corrected chi connectivity index (χ2v) is 6.13. The van der Waals surface area contributed by atoms with Crippen molar-refractivity contribution in [1.82, 2.24) is 10.2 Å². The van der Waals surface area contributed by atoms with Crippen LogP contribution in [0.2, 0.25) is 5.02 Å². The van der Waals surface area contributed by atoms with Gasteiger partial charge in [-0.1, -0.05) is 11.6 Å². The average Bonchev–Trinajstić information content (AvgIpc) is 2.55. The van der Waals surface area contributed by atoms with Gasteiger partial charge in [0.05, 0.1) is 11.1 Å². The highest BCUT2D eigenvalue weighted by Gasteiger charge is 2.28. The number of piperazine rings is 1. The lowest BCUT2D eigenvalue weighted by Gasteiger charge is -2.33. The van der Waals surface area contributed by atoms with E-state index in [1.807, 2.05) is 6.07 Å². The summed E-state index contributed by atoms with van der Waals surface area (Å²) >= 11 is 9.77. The number of benzene rings is 1. The SMILES string of the molecule is Cc1c(Br)c(Cl)cc2c1OCC1CNCCN1C2. The third kappa shape index (κ3) is 2.16. The molecule has 2 aliphatic heterocycles. The largest absolute Gasteiger partial charge is 0.491 e. The molecule has 2 heterocycles. The lowest BCUT2D eigenvalue weighted by atomic mass is 10.1. The fraction of sp³-hybridized carbons (Fsp3) is 0.538. The minimum absolute atomic E-state index is 0.461. The molecule has 1 atom stereocenters. The van der Waals surface area contributed by atoms with E-state index in [0.717, 1.165) is 53.6 Å². The lowest BCUT2D eigenvalue weighted by Crippen LogP contribution is -2.52. The normalized spacial score (nSPS) is 23.8. The first-order valence-electron chi connectivity index (χ1n) is 6.22. The first kappa shape index (κ1) is 12.7. The van der Waals surface area contributed by atoms with E-state index >= 15 is 0 Å². The van der Waals surface area contributed by atoms with Gasteiger partial charge in [-0.15, -0.1) is 0 Å². The molecule has 0 radical (unpaired) electrons. The summed E-state index contributed by atoms with van der Waals surface area (Å²) in [4.78, 5) is 2.48. The van der Waals surface area contributed by atoms with Crippen molar-refractivity contribution < 1.29 is 4.74 Å². The van der Waals surface area contributed by atoms with Crippen molar-refractivity contribution in [2.75, 3.05) is 26.2 Å². The zero-order chi connectivity index (χ0) is 12.7. The molecule has 0 saturated carbocycles. The highest BCUT2D eigenvalue weighted by Crippen LogP contribution is 2.38. The summed E-state index contributed by atoms with van der Waals surface area (Å²) in [5.74, 6) is 1.00.